The van der Waals surface area contributed by atoms with E-state index in [0.717, 1.165) is 5.75 Å². The highest BCUT2D eigenvalue weighted by Crippen LogP contribution is 2.50. The van der Waals surface area contributed by atoms with E-state index < -0.39 is 16.4 Å². The van der Waals surface area contributed by atoms with Crippen molar-refractivity contribution in [1.29, 1.82) is 0 Å². The van der Waals surface area contributed by atoms with Gasteiger partial charge >= 0.3 is 5.97 Å². The van der Waals surface area contributed by atoms with Gasteiger partial charge in [0, 0.05) is 11.9 Å². The molecule has 0 saturated carbocycles. The number of benzene rings is 2. The molecule has 2 heterocycles. The number of esters is 1. The zero-order chi connectivity index (χ0) is 21.8. The Bertz CT molecular complexity index is 893. The van der Waals surface area contributed by atoms with Crippen LogP contribution < -0.4 is 9.47 Å². The molecule has 29 heavy (non-hydrogen) atoms. The van der Waals surface area contributed by atoms with Gasteiger partial charge in [0.25, 0.3) is 0 Å². The van der Waals surface area contributed by atoms with Crippen LogP contribution in [-0.4, -0.2) is 23.4 Å². The summed E-state index contributed by atoms with van der Waals surface area (Å²) in [4.78, 5) is 23.1. The van der Waals surface area contributed by atoms with Crippen LogP contribution >= 0.6 is 50.7 Å². The van der Waals surface area contributed by atoms with E-state index in [1.165, 1.54) is 6.92 Å². The summed E-state index contributed by atoms with van der Waals surface area (Å²) in [5.41, 5.74) is -0.841. The van der Waals surface area contributed by atoms with Crippen molar-refractivity contribution in [3.05, 3.63) is 51.5 Å². The van der Waals surface area contributed by atoms with E-state index in [9.17, 15) is 9.59 Å². The number of rotatable bonds is 6. The Morgan fingerprint density at radius 2 is 1.72 bits per heavy atom. The van der Waals surface area contributed by atoms with Gasteiger partial charge in [0.1, 0.15) is 23.1 Å². The normalized spacial score (nSPS) is 12.5. The van der Waals surface area contributed by atoms with Gasteiger partial charge < -0.3 is 14.2 Å². The lowest BCUT2D eigenvalue weighted by atomic mass is 9.89. The Labute approximate surface area is 192 Å². The van der Waals surface area contributed by atoms with Crippen molar-refractivity contribution in [1.82, 2.24) is 0 Å². The van der Waals surface area contributed by atoms with Gasteiger partial charge in [-0.2, -0.15) is 0 Å². The van der Waals surface area contributed by atoms with Crippen molar-refractivity contribution in [2.45, 2.75) is 25.8 Å². The lowest BCUT2D eigenvalue weighted by Crippen LogP contribution is -2.38. The van der Waals surface area contributed by atoms with Crippen LogP contribution in [0.5, 0.6) is 17.2 Å². The standard InChI is InChI=1S/C14H16BrClO4.C6H2Cl2O/c1-9(17)19-8-14(2,3)12(18)13(15)20-11-6-4-10(16)5-7-11;7-3-1-2-4-5(8)6(3)9-4/h4-7,13H,8H2,1-3H3;1-2H. The summed E-state index contributed by atoms with van der Waals surface area (Å²) in [5, 5.41) is 0.983. The van der Waals surface area contributed by atoms with Crippen molar-refractivity contribution in [2.75, 3.05) is 6.61 Å². The molecule has 9 heteroatoms. The molecule has 2 bridgehead atoms. The van der Waals surface area contributed by atoms with Gasteiger partial charge in [-0.25, -0.2) is 0 Å². The van der Waals surface area contributed by atoms with Crippen LogP contribution in [0.2, 0.25) is 15.1 Å². The van der Waals surface area contributed by atoms with Crippen molar-refractivity contribution < 1.29 is 23.8 Å². The summed E-state index contributed by atoms with van der Waals surface area (Å²) in [6.07, 6.45) is 0. The Kier molecular flexibility index (Phi) is 8.23. The molecule has 0 aliphatic carbocycles. The first-order valence-corrected chi connectivity index (χ1v) is 10.5. The maximum Gasteiger partial charge on any atom is 0.302 e. The molecule has 5 nitrogen and oxygen atoms in total. The number of carbonyl (C=O) groups excluding carboxylic acids is 2. The van der Waals surface area contributed by atoms with Gasteiger partial charge in [-0.05, 0) is 66.2 Å². The summed E-state index contributed by atoms with van der Waals surface area (Å²) in [6.45, 7) is 4.69. The second-order valence-electron chi connectivity index (χ2n) is 6.71. The molecule has 0 N–H and O–H groups in total. The molecule has 2 aromatic carbocycles. The molecule has 2 aromatic rings. The molecule has 0 amide bonds. The fourth-order valence-electron chi connectivity index (χ4n) is 2.10. The maximum atomic E-state index is 12.3. The highest BCUT2D eigenvalue weighted by molar-refractivity contribution is 9.09. The molecule has 0 aromatic heterocycles. The molecular weight excluding hydrogens is 506 g/mol. The Balaban J connectivity index is 0.000000272. The van der Waals surface area contributed by atoms with Crippen LogP contribution in [0, 0.1) is 5.41 Å². The van der Waals surface area contributed by atoms with Gasteiger partial charge in [-0.3, -0.25) is 9.59 Å². The molecule has 0 spiro atoms. The van der Waals surface area contributed by atoms with Crippen molar-refractivity contribution in [2.24, 2.45) is 5.41 Å². The van der Waals surface area contributed by atoms with Crippen LogP contribution in [0.3, 0.4) is 0 Å². The monoisotopic (exact) mass is 522 g/mol. The van der Waals surface area contributed by atoms with Crippen LogP contribution in [0.15, 0.2) is 36.4 Å². The molecule has 0 saturated heterocycles. The fourth-order valence-corrected chi connectivity index (χ4v) is 3.54. The highest BCUT2D eigenvalue weighted by Gasteiger charge is 2.35. The average molecular weight is 525 g/mol. The molecule has 4 rings (SSSR count). The van der Waals surface area contributed by atoms with Gasteiger partial charge in [-0.15, -0.1) is 0 Å². The van der Waals surface area contributed by atoms with E-state index in [1.54, 1.807) is 50.2 Å². The van der Waals surface area contributed by atoms with E-state index in [-0.39, 0.29) is 12.4 Å². The number of carbonyl (C=O) groups is 2. The number of halogens is 4. The van der Waals surface area contributed by atoms with Gasteiger partial charge in [-0.1, -0.05) is 34.8 Å². The van der Waals surface area contributed by atoms with E-state index in [4.69, 9.17) is 49.0 Å². The largest absolute Gasteiger partial charge is 0.471 e. The molecule has 1 unspecified atom stereocenters. The van der Waals surface area contributed by atoms with Crippen LogP contribution in [0.4, 0.5) is 0 Å². The first kappa shape index (κ1) is 23.8. The second-order valence-corrected chi connectivity index (χ2v) is 8.76. The predicted octanol–water partition coefficient (Wildman–Crippen LogP) is 6.70. The van der Waals surface area contributed by atoms with Crippen LogP contribution in [-0.2, 0) is 14.3 Å². The molecule has 1 atom stereocenters. The highest BCUT2D eigenvalue weighted by atomic mass is 79.9. The molecule has 0 radical (unpaired) electrons. The summed E-state index contributed by atoms with van der Waals surface area (Å²) in [5.74, 6) is 1.21. The van der Waals surface area contributed by atoms with Crippen molar-refractivity contribution in [3.63, 3.8) is 0 Å². The Hall–Kier alpha value is -1.47. The third-order valence-electron chi connectivity index (χ3n) is 3.79. The van der Waals surface area contributed by atoms with Gasteiger partial charge in [0.2, 0.25) is 5.01 Å². The quantitative estimate of drug-likeness (QED) is 0.265. The Morgan fingerprint density at radius 1 is 1.10 bits per heavy atom. The third kappa shape index (κ3) is 6.51. The summed E-state index contributed by atoms with van der Waals surface area (Å²) in [7, 11) is 0. The summed E-state index contributed by atoms with van der Waals surface area (Å²) >= 11 is 20.3. The third-order valence-corrected chi connectivity index (χ3v) is 5.30. The zero-order valence-electron chi connectivity index (χ0n) is 15.8. The van der Waals surface area contributed by atoms with Crippen LogP contribution in [0.1, 0.15) is 20.8 Å². The molecule has 0 fully saturated rings. The van der Waals surface area contributed by atoms with Gasteiger partial charge in [0.15, 0.2) is 11.5 Å². The Morgan fingerprint density at radius 3 is 2.17 bits per heavy atom. The minimum atomic E-state index is -0.841. The number of fused-ring (bicyclic) bond motifs is 2. The molecule has 2 aliphatic heterocycles. The number of ether oxygens (including phenoxy) is 3. The van der Waals surface area contributed by atoms with Gasteiger partial charge in [0.05, 0.1) is 10.4 Å². The van der Waals surface area contributed by atoms with Crippen LogP contribution in [0.25, 0.3) is 0 Å². The van der Waals surface area contributed by atoms with E-state index >= 15 is 0 Å². The zero-order valence-corrected chi connectivity index (χ0v) is 19.7. The minimum Gasteiger partial charge on any atom is -0.471 e. The number of Topliss-reactive ketones (excluding diaryl/α,β-unsaturated/α-hetero) is 1. The summed E-state index contributed by atoms with van der Waals surface area (Å²) < 4.78 is 15.4. The lowest BCUT2D eigenvalue weighted by molar-refractivity contribution is -0.147. The first-order chi connectivity index (χ1) is 13.5. The smallest absolute Gasteiger partial charge is 0.302 e. The number of alkyl halides is 1. The maximum absolute atomic E-state index is 12.3. The number of hydrogen-bond acceptors (Lipinski definition) is 5. The van der Waals surface area contributed by atoms with Crippen molar-refractivity contribution in [3.8, 4) is 17.2 Å². The molecular formula is C20H18BrCl3O5. The van der Waals surface area contributed by atoms with E-state index in [1.807, 2.05) is 0 Å². The predicted molar refractivity (Wildman–Crippen MR) is 117 cm³/mol. The van der Waals surface area contributed by atoms with E-state index in [2.05, 4.69) is 15.9 Å². The topological polar surface area (TPSA) is 61.8 Å². The molecule has 156 valence electrons. The molecule has 2 aliphatic rings. The van der Waals surface area contributed by atoms with E-state index in [0.29, 0.717) is 26.6 Å². The average Bonchev–Trinajstić information content (AvgIpc) is 2.67. The number of ketones is 1. The number of hydrogen-bond donors (Lipinski definition) is 0. The lowest BCUT2D eigenvalue weighted by Gasteiger charge is -2.25. The first-order valence-electron chi connectivity index (χ1n) is 8.41. The summed E-state index contributed by atoms with van der Waals surface area (Å²) in [6, 6.07) is 10.2. The van der Waals surface area contributed by atoms with Crippen molar-refractivity contribution >= 4 is 62.5 Å². The SMILES string of the molecule is CC(=O)OCC(C)(C)C(=O)C(Br)Oc1ccc(Cl)cc1.Clc1ccc2c(Cl)c1O2. The second kappa shape index (κ2) is 10.0. The minimum absolute atomic E-state index is 0.00719. The fraction of sp³-hybridized carbons (Fsp3) is 0.300.